The molecule has 22 heavy (non-hydrogen) atoms. The van der Waals surface area contributed by atoms with E-state index in [-0.39, 0.29) is 16.5 Å². The maximum absolute atomic E-state index is 11.9. The molecule has 2 nitrogen and oxygen atoms in total. The Labute approximate surface area is 139 Å². The monoisotopic (exact) mass is 330 g/mol. The van der Waals surface area contributed by atoms with Crippen molar-refractivity contribution in [3.05, 3.63) is 71.8 Å². The smallest absolute Gasteiger partial charge is 0.319 e. The number of rotatable bonds is 3. The molecule has 0 radical (unpaired) electrons. The van der Waals surface area contributed by atoms with Gasteiger partial charge in [0, 0.05) is 16.3 Å². The van der Waals surface area contributed by atoms with E-state index in [2.05, 4.69) is 48.5 Å². The highest BCUT2D eigenvalue weighted by atomic mass is 32.2. The van der Waals surface area contributed by atoms with Crippen LogP contribution in [0.15, 0.2) is 60.7 Å². The van der Waals surface area contributed by atoms with Crippen LogP contribution in [0, 0.1) is 0 Å². The predicted octanol–water partition coefficient (Wildman–Crippen LogP) is 4.49. The first-order valence-corrected chi connectivity index (χ1v) is 9.23. The van der Waals surface area contributed by atoms with Gasteiger partial charge in [-0.05, 0) is 11.1 Å². The SMILES string of the molecule is COC(=O)C1CSC(c2ccccc2)C(c2ccccc2)S1. The van der Waals surface area contributed by atoms with Gasteiger partial charge in [0.15, 0.2) is 0 Å². The highest BCUT2D eigenvalue weighted by Crippen LogP contribution is 2.54. The van der Waals surface area contributed by atoms with E-state index < -0.39 is 0 Å². The second-order valence-corrected chi connectivity index (χ2v) is 7.67. The third-order valence-corrected chi connectivity index (χ3v) is 7.07. The standard InChI is InChI=1S/C18H18O2S2/c1-20-18(19)15-12-21-16(13-8-4-2-5-9-13)17(22-15)14-10-6-3-7-11-14/h2-11,15-17H,12H2,1H3. The second kappa shape index (κ2) is 7.25. The quantitative estimate of drug-likeness (QED) is 0.775. The molecule has 3 atom stereocenters. The summed E-state index contributed by atoms with van der Waals surface area (Å²) in [4.78, 5) is 11.9. The lowest BCUT2D eigenvalue weighted by Crippen LogP contribution is -2.28. The largest absolute Gasteiger partial charge is 0.468 e. The van der Waals surface area contributed by atoms with E-state index in [1.165, 1.54) is 18.2 Å². The molecule has 0 N–H and O–H groups in total. The zero-order chi connectivity index (χ0) is 15.4. The zero-order valence-corrected chi connectivity index (χ0v) is 14.0. The number of methoxy groups -OCH3 is 1. The Morgan fingerprint density at radius 1 is 0.955 bits per heavy atom. The number of carbonyl (C=O) groups excluding carboxylic acids is 1. The van der Waals surface area contributed by atoms with Crippen molar-refractivity contribution < 1.29 is 9.53 Å². The van der Waals surface area contributed by atoms with Gasteiger partial charge < -0.3 is 4.74 Å². The fraction of sp³-hybridized carbons (Fsp3) is 0.278. The van der Waals surface area contributed by atoms with Crippen LogP contribution >= 0.6 is 23.5 Å². The number of esters is 1. The molecular formula is C18H18O2S2. The van der Waals surface area contributed by atoms with Crippen molar-refractivity contribution in [1.82, 2.24) is 0 Å². The van der Waals surface area contributed by atoms with Crippen LogP contribution in [0.1, 0.15) is 21.6 Å². The molecule has 1 aliphatic rings. The molecule has 1 fully saturated rings. The summed E-state index contributed by atoms with van der Waals surface area (Å²) in [5, 5.41) is 0.515. The van der Waals surface area contributed by atoms with E-state index in [0.29, 0.717) is 5.25 Å². The Morgan fingerprint density at radius 3 is 2.05 bits per heavy atom. The zero-order valence-electron chi connectivity index (χ0n) is 12.3. The van der Waals surface area contributed by atoms with Gasteiger partial charge in [0.2, 0.25) is 0 Å². The van der Waals surface area contributed by atoms with E-state index in [4.69, 9.17) is 4.74 Å². The number of hydrogen-bond acceptors (Lipinski definition) is 4. The Hall–Kier alpha value is -1.39. The summed E-state index contributed by atoms with van der Waals surface area (Å²) in [5.74, 6) is 0.671. The van der Waals surface area contributed by atoms with Crippen molar-refractivity contribution in [3.63, 3.8) is 0 Å². The van der Waals surface area contributed by atoms with Crippen LogP contribution in [0.3, 0.4) is 0 Å². The Morgan fingerprint density at radius 2 is 1.50 bits per heavy atom. The molecule has 0 aliphatic carbocycles. The molecule has 0 amide bonds. The Bertz CT molecular complexity index is 615. The molecule has 2 aromatic carbocycles. The van der Waals surface area contributed by atoms with Gasteiger partial charge >= 0.3 is 5.97 Å². The summed E-state index contributed by atoms with van der Waals surface area (Å²) >= 11 is 3.57. The Kier molecular flexibility index (Phi) is 5.11. The first kappa shape index (κ1) is 15.5. The Balaban J connectivity index is 1.91. The van der Waals surface area contributed by atoms with Crippen LogP contribution in [0.25, 0.3) is 0 Å². The van der Waals surface area contributed by atoms with Gasteiger partial charge in [0.05, 0.1) is 7.11 Å². The minimum atomic E-state index is -0.120. The molecule has 1 aliphatic heterocycles. The molecule has 0 spiro atoms. The molecule has 0 saturated carbocycles. The molecule has 0 aromatic heterocycles. The molecule has 1 saturated heterocycles. The highest BCUT2D eigenvalue weighted by Gasteiger charge is 2.37. The van der Waals surface area contributed by atoms with Crippen molar-refractivity contribution in [3.8, 4) is 0 Å². The van der Waals surface area contributed by atoms with Crippen molar-refractivity contribution in [2.24, 2.45) is 0 Å². The molecule has 0 bridgehead atoms. The third kappa shape index (κ3) is 3.33. The van der Waals surface area contributed by atoms with Crippen molar-refractivity contribution in [2.75, 3.05) is 12.9 Å². The van der Waals surface area contributed by atoms with Crippen LogP contribution < -0.4 is 0 Å². The molecule has 2 aromatic rings. The topological polar surface area (TPSA) is 26.3 Å². The van der Waals surface area contributed by atoms with E-state index >= 15 is 0 Å². The second-order valence-electron chi connectivity index (χ2n) is 5.14. The van der Waals surface area contributed by atoms with E-state index in [0.717, 1.165) is 5.75 Å². The fourth-order valence-electron chi connectivity index (χ4n) is 2.63. The van der Waals surface area contributed by atoms with Gasteiger partial charge in [-0.25, -0.2) is 0 Å². The van der Waals surface area contributed by atoms with Gasteiger partial charge in [-0.15, -0.1) is 11.8 Å². The average molecular weight is 330 g/mol. The maximum Gasteiger partial charge on any atom is 0.319 e. The van der Waals surface area contributed by atoms with Gasteiger partial charge in [-0.3, -0.25) is 4.79 Å². The van der Waals surface area contributed by atoms with E-state index in [1.807, 2.05) is 23.9 Å². The van der Waals surface area contributed by atoms with Crippen LogP contribution in [-0.2, 0) is 9.53 Å². The summed E-state index contributed by atoms with van der Waals surface area (Å²) in [6.07, 6.45) is 0. The summed E-state index contributed by atoms with van der Waals surface area (Å²) in [5.41, 5.74) is 2.58. The third-order valence-electron chi connectivity index (χ3n) is 3.73. The number of carbonyl (C=O) groups is 1. The molecule has 4 heteroatoms. The van der Waals surface area contributed by atoms with Crippen molar-refractivity contribution in [2.45, 2.75) is 15.7 Å². The minimum Gasteiger partial charge on any atom is -0.468 e. The predicted molar refractivity (Wildman–Crippen MR) is 94.2 cm³/mol. The van der Waals surface area contributed by atoms with Crippen LogP contribution in [-0.4, -0.2) is 24.1 Å². The summed E-state index contributed by atoms with van der Waals surface area (Å²) in [6, 6.07) is 21.0. The van der Waals surface area contributed by atoms with Gasteiger partial charge in [-0.1, -0.05) is 60.7 Å². The normalized spacial score (nSPS) is 24.7. The molecule has 114 valence electrons. The minimum absolute atomic E-state index is 0.0971. The number of hydrogen-bond donors (Lipinski definition) is 0. The lowest BCUT2D eigenvalue weighted by atomic mass is 10.0. The van der Waals surface area contributed by atoms with E-state index in [1.54, 1.807) is 11.8 Å². The van der Waals surface area contributed by atoms with Crippen LogP contribution in [0.2, 0.25) is 0 Å². The average Bonchev–Trinajstić information content (AvgIpc) is 2.62. The van der Waals surface area contributed by atoms with Crippen LogP contribution in [0.4, 0.5) is 0 Å². The molecule has 3 unspecified atom stereocenters. The van der Waals surface area contributed by atoms with Crippen molar-refractivity contribution in [1.29, 1.82) is 0 Å². The highest BCUT2D eigenvalue weighted by molar-refractivity contribution is 8.07. The molecule has 3 rings (SSSR count). The molecular weight excluding hydrogens is 312 g/mol. The summed E-state index contributed by atoms with van der Waals surface area (Å²) < 4.78 is 4.94. The number of benzene rings is 2. The first-order chi connectivity index (χ1) is 10.8. The summed E-state index contributed by atoms with van der Waals surface area (Å²) in [7, 11) is 1.47. The van der Waals surface area contributed by atoms with Gasteiger partial charge in [0.25, 0.3) is 0 Å². The maximum atomic E-state index is 11.9. The summed E-state index contributed by atoms with van der Waals surface area (Å²) in [6.45, 7) is 0. The van der Waals surface area contributed by atoms with Gasteiger partial charge in [0.1, 0.15) is 5.25 Å². The van der Waals surface area contributed by atoms with Crippen molar-refractivity contribution >= 4 is 29.5 Å². The lowest BCUT2D eigenvalue weighted by Gasteiger charge is -2.35. The van der Waals surface area contributed by atoms with Crippen LogP contribution in [0.5, 0.6) is 0 Å². The molecule has 1 heterocycles. The number of thioether (sulfide) groups is 2. The fourth-order valence-corrected chi connectivity index (χ4v) is 5.98. The number of ether oxygens (including phenoxy) is 1. The van der Waals surface area contributed by atoms with Gasteiger partial charge in [-0.2, -0.15) is 11.8 Å². The van der Waals surface area contributed by atoms with E-state index in [9.17, 15) is 4.79 Å². The lowest BCUT2D eigenvalue weighted by molar-refractivity contribution is -0.139. The first-order valence-electron chi connectivity index (χ1n) is 7.24.